The summed E-state index contributed by atoms with van der Waals surface area (Å²) in [5.74, 6) is 1.18. The highest BCUT2D eigenvalue weighted by Crippen LogP contribution is 2.32. The van der Waals surface area contributed by atoms with Gasteiger partial charge in [0.05, 0.1) is 17.6 Å². The van der Waals surface area contributed by atoms with E-state index in [2.05, 4.69) is 11.8 Å². The normalized spacial score (nSPS) is 11.2. The van der Waals surface area contributed by atoms with Crippen molar-refractivity contribution in [3.63, 3.8) is 0 Å². The molecular formula is C23H27NO5. The first-order chi connectivity index (χ1) is 14.0. The fraction of sp³-hybridized carbons (Fsp3) is 0.348. The molecule has 0 unspecified atom stereocenters. The van der Waals surface area contributed by atoms with Crippen LogP contribution < -0.4 is 14.9 Å². The van der Waals surface area contributed by atoms with Crippen LogP contribution in [0.5, 0.6) is 23.0 Å². The van der Waals surface area contributed by atoms with Crippen molar-refractivity contribution in [2.24, 2.45) is 0 Å². The van der Waals surface area contributed by atoms with Crippen LogP contribution in [0.2, 0.25) is 0 Å². The van der Waals surface area contributed by atoms with Crippen LogP contribution in [-0.4, -0.2) is 30.2 Å². The minimum Gasteiger partial charge on any atom is -0.507 e. The summed E-state index contributed by atoms with van der Waals surface area (Å²) in [6.07, 6.45) is 3.44. The molecular weight excluding hydrogens is 370 g/mol. The molecule has 0 atom stereocenters. The van der Waals surface area contributed by atoms with Gasteiger partial charge in [-0.25, -0.2) is 0 Å². The number of para-hydroxylation sites is 2. The molecule has 1 aromatic heterocycles. The molecule has 6 heteroatoms. The maximum atomic E-state index is 13.0. The smallest absolute Gasteiger partial charge is 0.235 e. The second-order valence-corrected chi connectivity index (χ2v) is 6.94. The molecule has 2 aromatic carbocycles. The van der Waals surface area contributed by atoms with Crippen LogP contribution in [0, 0.1) is 0 Å². The third-order valence-corrected chi connectivity index (χ3v) is 4.68. The predicted molar refractivity (Wildman–Crippen MR) is 113 cm³/mol. The molecule has 0 aliphatic heterocycles. The summed E-state index contributed by atoms with van der Waals surface area (Å²) in [7, 11) is 1.98. The van der Waals surface area contributed by atoms with E-state index in [9.17, 15) is 9.90 Å². The molecule has 0 aliphatic carbocycles. The summed E-state index contributed by atoms with van der Waals surface area (Å²) in [4.78, 5) is 15.1. The number of hydrogen-bond donors (Lipinski definition) is 1. The van der Waals surface area contributed by atoms with Crippen molar-refractivity contribution in [1.82, 2.24) is 4.90 Å². The monoisotopic (exact) mass is 397 g/mol. The van der Waals surface area contributed by atoms with E-state index in [0.717, 1.165) is 19.4 Å². The first-order valence-electron chi connectivity index (χ1n) is 9.89. The van der Waals surface area contributed by atoms with E-state index < -0.39 is 0 Å². The number of unbranched alkanes of at least 4 members (excludes halogenated alkanes) is 1. The van der Waals surface area contributed by atoms with E-state index in [-0.39, 0.29) is 16.9 Å². The van der Waals surface area contributed by atoms with Crippen LogP contribution in [0.1, 0.15) is 32.3 Å². The summed E-state index contributed by atoms with van der Waals surface area (Å²) in [6.45, 7) is 5.88. The van der Waals surface area contributed by atoms with Gasteiger partial charge in [-0.15, -0.1) is 0 Å². The number of fused-ring (bicyclic) bond motifs is 1. The Balaban J connectivity index is 1.96. The van der Waals surface area contributed by atoms with Crippen LogP contribution in [0.3, 0.4) is 0 Å². The van der Waals surface area contributed by atoms with E-state index in [1.165, 1.54) is 12.3 Å². The fourth-order valence-electron chi connectivity index (χ4n) is 3.16. The summed E-state index contributed by atoms with van der Waals surface area (Å²) in [5, 5.41) is 10.7. The van der Waals surface area contributed by atoms with E-state index >= 15 is 0 Å². The van der Waals surface area contributed by atoms with Gasteiger partial charge in [-0.2, -0.15) is 0 Å². The number of aromatic hydroxyl groups is 1. The van der Waals surface area contributed by atoms with Crippen LogP contribution in [0.15, 0.2) is 51.9 Å². The lowest BCUT2D eigenvalue weighted by Crippen LogP contribution is -2.19. The van der Waals surface area contributed by atoms with Crippen LogP contribution in [0.25, 0.3) is 11.0 Å². The summed E-state index contributed by atoms with van der Waals surface area (Å²) in [5.41, 5.74) is 0.679. The summed E-state index contributed by atoms with van der Waals surface area (Å²) < 4.78 is 17.1. The third kappa shape index (κ3) is 4.71. The average molecular weight is 397 g/mol. The van der Waals surface area contributed by atoms with Crippen molar-refractivity contribution >= 4 is 11.0 Å². The van der Waals surface area contributed by atoms with Gasteiger partial charge in [-0.1, -0.05) is 25.5 Å². The Hall–Kier alpha value is -2.99. The number of hydrogen-bond acceptors (Lipinski definition) is 6. The summed E-state index contributed by atoms with van der Waals surface area (Å²) in [6, 6.07) is 10.3. The highest BCUT2D eigenvalue weighted by molar-refractivity contribution is 5.83. The maximum absolute atomic E-state index is 13.0. The highest BCUT2D eigenvalue weighted by atomic mass is 16.5. The number of rotatable bonds is 9. The molecule has 3 rings (SSSR count). The van der Waals surface area contributed by atoms with Crippen molar-refractivity contribution < 1.29 is 19.0 Å². The Morgan fingerprint density at radius 1 is 1.07 bits per heavy atom. The lowest BCUT2D eigenvalue weighted by atomic mass is 10.1. The standard InChI is InChI=1S/C23H27NO5/c1-4-6-13-24(3)14-17-18(25)12-11-16-22(26)21(15-28-23(16)17)29-20-10-8-7-9-19(20)27-5-2/h7-12,15,25H,4-6,13-14H2,1-3H3. The average Bonchev–Trinajstić information content (AvgIpc) is 2.72. The topological polar surface area (TPSA) is 72.1 Å². The zero-order chi connectivity index (χ0) is 20.8. The number of phenols is 1. The zero-order valence-electron chi connectivity index (χ0n) is 17.1. The molecule has 0 bridgehead atoms. The first-order valence-corrected chi connectivity index (χ1v) is 9.89. The van der Waals surface area contributed by atoms with Crippen molar-refractivity contribution in [3.8, 4) is 23.0 Å². The number of benzene rings is 2. The molecule has 0 radical (unpaired) electrons. The SMILES string of the molecule is CCCCN(C)Cc1c(O)ccc2c(=O)c(Oc3ccccc3OCC)coc12. The molecule has 1 N–H and O–H groups in total. The summed E-state index contributed by atoms with van der Waals surface area (Å²) >= 11 is 0. The van der Waals surface area contributed by atoms with Crippen LogP contribution in [0.4, 0.5) is 0 Å². The van der Waals surface area contributed by atoms with Crippen molar-refractivity contribution in [2.75, 3.05) is 20.2 Å². The quantitative estimate of drug-likeness (QED) is 0.552. The van der Waals surface area contributed by atoms with Gasteiger partial charge >= 0.3 is 0 Å². The van der Waals surface area contributed by atoms with E-state index in [1.807, 2.05) is 26.1 Å². The van der Waals surface area contributed by atoms with Crippen molar-refractivity contribution in [3.05, 3.63) is 58.4 Å². The van der Waals surface area contributed by atoms with Crippen LogP contribution in [-0.2, 0) is 6.54 Å². The molecule has 3 aromatic rings. The van der Waals surface area contributed by atoms with Gasteiger partial charge in [0.15, 0.2) is 11.5 Å². The Bertz CT molecular complexity index is 1030. The van der Waals surface area contributed by atoms with Gasteiger partial charge in [0.25, 0.3) is 0 Å². The predicted octanol–water partition coefficient (Wildman–Crippen LogP) is 4.92. The van der Waals surface area contributed by atoms with E-state index in [0.29, 0.717) is 41.2 Å². The first kappa shape index (κ1) is 20.7. The number of phenolic OH excluding ortho intramolecular Hbond substituents is 1. The molecule has 0 amide bonds. The third-order valence-electron chi connectivity index (χ3n) is 4.68. The molecule has 0 fully saturated rings. The Morgan fingerprint density at radius 3 is 2.55 bits per heavy atom. The fourth-order valence-corrected chi connectivity index (χ4v) is 3.16. The van der Waals surface area contributed by atoms with Gasteiger partial charge < -0.3 is 23.9 Å². The molecule has 1 heterocycles. The van der Waals surface area contributed by atoms with E-state index in [1.54, 1.807) is 18.2 Å². The van der Waals surface area contributed by atoms with Gasteiger partial charge in [-0.3, -0.25) is 4.79 Å². The molecule has 0 saturated carbocycles. The number of ether oxygens (including phenoxy) is 2. The van der Waals surface area contributed by atoms with Gasteiger partial charge in [0.1, 0.15) is 17.6 Å². The van der Waals surface area contributed by atoms with E-state index in [4.69, 9.17) is 13.9 Å². The zero-order valence-corrected chi connectivity index (χ0v) is 17.1. The van der Waals surface area contributed by atoms with Gasteiger partial charge in [0.2, 0.25) is 11.2 Å². The largest absolute Gasteiger partial charge is 0.507 e. The van der Waals surface area contributed by atoms with Crippen LogP contribution >= 0.6 is 0 Å². The molecule has 6 nitrogen and oxygen atoms in total. The Morgan fingerprint density at radius 2 is 1.83 bits per heavy atom. The number of nitrogens with zero attached hydrogens (tertiary/aromatic N) is 1. The molecule has 0 saturated heterocycles. The van der Waals surface area contributed by atoms with Crippen molar-refractivity contribution in [2.45, 2.75) is 33.2 Å². The van der Waals surface area contributed by atoms with Crippen molar-refractivity contribution in [1.29, 1.82) is 0 Å². The molecule has 0 aliphatic rings. The lowest BCUT2D eigenvalue weighted by molar-refractivity contribution is 0.313. The second-order valence-electron chi connectivity index (χ2n) is 6.94. The van der Waals surface area contributed by atoms with Gasteiger partial charge in [-0.05, 0) is 51.2 Å². The Kier molecular flexibility index (Phi) is 6.77. The molecule has 154 valence electrons. The maximum Gasteiger partial charge on any atom is 0.235 e. The second kappa shape index (κ2) is 9.47. The lowest BCUT2D eigenvalue weighted by Gasteiger charge is -2.18. The minimum atomic E-state index is -0.296. The molecule has 29 heavy (non-hydrogen) atoms. The minimum absolute atomic E-state index is 0.0700. The Labute approximate surface area is 170 Å². The highest BCUT2D eigenvalue weighted by Gasteiger charge is 2.17. The molecule has 0 spiro atoms. The van der Waals surface area contributed by atoms with Gasteiger partial charge in [0, 0.05) is 6.54 Å².